The Hall–Kier alpha value is -3.28. The lowest BCUT2D eigenvalue weighted by Gasteiger charge is -2.08. The van der Waals surface area contributed by atoms with Gasteiger partial charge < -0.3 is 5.32 Å². The number of nitrogens with one attached hydrogen (secondary N) is 1. The van der Waals surface area contributed by atoms with E-state index >= 15 is 0 Å². The third kappa shape index (κ3) is 4.38. The van der Waals surface area contributed by atoms with Crippen molar-refractivity contribution in [3.05, 3.63) is 99.7 Å². The Bertz CT molecular complexity index is 939. The van der Waals surface area contributed by atoms with Gasteiger partial charge in [0.05, 0.1) is 6.54 Å². The Morgan fingerprint density at radius 2 is 1.76 bits per heavy atom. The first-order valence-corrected chi connectivity index (χ1v) is 7.76. The monoisotopic (exact) mass is 337 g/mol. The lowest BCUT2D eigenvalue weighted by Crippen LogP contribution is -2.29. The minimum atomic E-state index is -0.387. The summed E-state index contributed by atoms with van der Waals surface area (Å²) in [6.45, 7) is 0.459. The van der Waals surface area contributed by atoms with Crippen molar-refractivity contribution in [2.75, 3.05) is 0 Å². The first-order chi connectivity index (χ1) is 12.1. The van der Waals surface area contributed by atoms with Gasteiger partial charge in [0.25, 0.3) is 11.5 Å². The molecular weight excluding hydrogens is 321 g/mol. The van der Waals surface area contributed by atoms with E-state index in [1.165, 1.54) is 24.3 Å². The van der Waals surface area contributed by atoms with Crippen LogP contribution >= 0.6 is 0 Å². The van der Waals surface area contributed by atoms with E-state index in [4.69, 9.17) is 0 Å². The average molecular weight is 337 g/mol. The first-order valence-electron chi connectivity index (χ1n) is 7.76. The van der Waals surface area contributed by atoms with Crippen LogP contribution in [0.25, 0.3) is 0 Å². The molecule has 2 aromatic carbocycles. The number of carbonyl (C=O) groups excluding carboxylic acids is 1. The smallest absolute Gasteiger partial charge is 0.271 e. The summed E-state index contributed by atoms with van der Waals surface area (Å²) in [6.07, 6.45) is 0. The Labute approximate surface area is 143 Å². The highest BCUT2D eigenvalue weighted by Crippen LogP contribution is 2.05. The van der Waals surface area contributed by atoms with Crippen LogP contribution in [0.1, 0.15) is 21.6 Å². The molecule has 0 spiro atoms. The fourth-order valence-electron chi connectivity index (χ4n) is 2.36. The van der Waals surface area contributed by atoms with Gasteiger partial charge >= 0.3 is 0 Å². The van der Waals surface area contributed by atoms with Crippen LogP contribution in [0, 0.1) is 5.82 Å². The minimum absolute atomic E-state index is 0.0936. The largest absolute Gasteiger partial charge is 0.347 e. The van der Waals surface area contributed by atoms with Crippen molar-refractivity contribution < 1.29 is 9.18 Å². The Morgan fingerprint density at radius 3 is 2.52 bits per heavy atom. The van der Waals surface area contributed by atoms with Crippen LogP contribution in [0.4, 0.5) is 4.39 Å². The second-order valence-corrected chi connectivity index (χ2v) is 5.51. The van der Waals surface area contributed by atoms with E-state index in [-0.39, 0.29) is 29.5 Å². The first kappa shape index (κ1) is 16.6. The molecule has 0 aliphatic heterocycles. The molecule has 0 aliphatic carbocycles. The van der Waals surface area contributed by atoms with Crippen LogP contribution in [-0.2, 0) is 13.1 Å². The third-order valence-corrected chi connectivity index (χ3v) is 3.62. The molecule has 0 aliphatic rings. The zero-order chi connectivity index (χ0) is 17.6. The van der Waals surface area contributed by atoms with Crippen molar-refractivity contribution in [3.63, 3.8) is 0 Å². The number of hydrogen-bond donors (Lipinski definition) is 1. The molecular formula is C19H16FN3O2. The number of rotatable bonds is 5. The van der Waals surface area contributed by atoms with Crippen LogP contribution in [0.3, 0.4) is 0 Å². The van der Waals surface area contributed by atoms with Crippen molar-refractivity contribution in [2.45, 2.75) is 13.1 Å². The number of benzene rings is 2. The molecule has 0 atom stereocenters. The fourth-order valence-corrected chi connectivity index (χ4v) is 2.36. The molecule has 25 heavy (non-hydrogen) atoms. The Kier molecular flexibility index (Phi) is 4.99. The van der Waals surface area contributed by atoms with Gasteiger partial charge in [-0.1, -0.05) is 42.5 Å². The topological polar surface area (TPSA) is 64.0 Å². The summed E-state index contributed by atoms with van der Waals surface area (Å²) in [6, 6.07) is 18.0. The SMILES string of the molecule is O=C(NCc1ccccc1)c1ccc(=O)n(Cc2cccc(F)c2)n1. The van der Waals surface area contributed by atoms with E-state index in [1.807, 2.05) is 30.3 Å². The lowest BCUT2D eigenvalue weighted by molar-refractivity contribution is 0.0943. The summed E-state index contributed by atoms with van der Waals surface area (Å²) in [7, 11) is 0. The predicted molar refractivity (Wildman–Crippen MR) is 91.6 cm³/mol. The van der Waals surface area contributed by atoms with Crippen molar-refractivity contribution >= 4 is 5.91 Å². The van der Waals surface area contributed by atoms with Gasteiger partial charge in [-0.25, -0.2) is 9.07 Å². The number of halogens is 1. The van der Waals surface area contributed by atoms with E-state index in [0.29, 0.717) is 12.1 Å². The van der Waals surface area contributed by atoms with Crippen LogP contribution in [0.5, 0.6) is 0 Å². The highest BCUT2D eigenvalue weighted by Gasteiger charge is 2.10. The van der Waals surface area contributed by atoms with Crippen molar-refractivity contribution in [3.8, 4) is 0 Å². The van der Waals surface area contributed by atoms with Crippen molar-refractivity contribution in [2.24, 2.45) is 0 Å². The van der Waals surface area contributed by atoms with Crippen molar-refractivity contribution in [1.29, 1.82) is 0 Å². The van der Waals surface area contributed by atoms with Crippen LogP contribution in [-0.4, -0.2) is 15.7 Å². The highest BCUT2D eigenvalue weighted by atomic mass is 19.1. The molecule has 1 heterocycles. The Balaban J connectivity index is 1.74. The fraction of sp³-hybridized carbons (Fsp3) is 0.105. The van der Waals surface area contributed by atoms with Crippen LogP contribution in [0.2, 0.25) is 0 Å². The number of carbonyl (C=O) groups is 1. The molecule has 1 amide bonds. The molecule has 0 unspecified atom stereocenters. The molecule has 0 saturated heterocycles. The molecule has 0 radical (unpaired) electrons. The quantitative estimate of drug-likeness (QED) is 0.777. The Morgan fingerprint density at radius 1 is 1.00 bits per heavy atom. The van der Waals surface area contributed by atoms with Gasteiger partial charge in [0.15, 0.2) is 0 Å². The third-order valence-electron chi connectivity index (χ3n) is 3.62. The summed E-state index contributed by atoms with van der Waals surface area (Å²) in [4.78, 5) is 24.2. The van der Waals surface area contributed by atoms with Gasteiger partial charge in [0.1, 0.15) is 11.5 Å². The summed E-state index contributed by atoms with van der Waals surface area (Å²) in [5.41, 5.74) is 1.33. The summed E-state index contributed by atoms with van der Waals surface area (Å²) in [5.74, 6) is -0.765. The molecule has 0 fully saturated rings. The van der Waals surface area contributed by atoms with Crippen molar-refractivity contribution in [1.82, 2.24) is 15.1 Å². The maximum Gasteiger partial charge on any atom is 0.271 e. The molecule has 6 heteroatoms. The van der Waals surface area contributed by atoms with E-state index in [9.17, 15) is 14.0 Å². The maximum absolute atomic E-state index is 13.3. The number of hydrogen-bond acceptors (Lipinski definition) is 3. The zero-order valence-corrected chi connectivity index (χ0v) is 13.4. The average Bonchev–Trinajstić information content (AvgIpc) is 2.62. The second-order valence-electron chi connectivity index (χ2n) is 5.51. The molecule has 5 nitrogen and oxygen atoms in total. The van der Waals surface area contributed by atoms with Gasteiger partial charge in [-0.3, -0.25) is 9.59 Å². The summed E-state index contributed by atoms with van der Waals surface area (Å²) < 4.78 is 14.4. The summed E-state index contributed by atoms with van der Waals surface area (Å²) >= 11 is 0. The number of nitrogens with zero attached hydrogens (tertiary/aromatic N) is 2. The van der Waals surface area contributed by atoms with Crippen LogP contribution < -0.4 is 10.9 Å². The van der Waals surface area contributed by atoms with Gasteiger partial charge in [-0.15, -0.1) is 0 Å². The maximum atomic E-state index is 13.3. The molecule has 0 bridgehead atoms. The van der Waals surface area contributed by atoms with E-state index in [2.05, 4.69) is 10.4 Å². The molecule has 1 aromatic heterocycles. The molecule has 3 aromatic rings. The number of amides is 1. The van der Waals surface area contributed by atoms with Crippen LogP contribution in [0.15, 0.2) is 71.5 Å². The molecule has 0 saturated carbocycles. The standard InChI is InChI=1S/C19H16FN3O2/c20-16-8-4-7-15(11-16)13-23-18(24)10-9-17(22-23)19(25)21-12-14-5-2-1-3-6-14/h1-11H,12-13H2,(H,21,25). The molecule has 126 valence electrons. The van der Waals surface area contributed by atoms with Gasteiger partial charge in [-0.2, -0.15) is 5.10 Å². The molecule has 1 N–H and O–H groups in total. The normalized spacial score (nSPS) is 10.4. The highest BCUT2D eigenvalue weighted by molar-refractivity contribution is 5.91. The zero-order valence-electron chi connectivity index (χ0n) is 13.4. The number of aromatic nitrogens is 2. The minimum Gasteiger partial charge on any atom is -0.347 e. The molecule has 3 rings (SSSR count). The predicted octanol–water partition coefficient (Wildman–Crippen LogP) is 2.36. The van der Waals surface area contributed by atoms with E-state index in [1.54, 1.807) is 12.1 Å². The van der Waals surface area contributed by atoms with Gasteiger partial charge in [0.2, 0.25) is 0 Å². The van der Waals surface area contributed by atoms with Gasteiger partial charge in [0, 0.05) is 12.6 Å². The second kappa shape index (κ2) is 7.53. The van der Waals surface area contributed by atoms with E-state index < -0.39 is 0 Å². The van der Waals surface area contributed by atoms with E-state index in [0.717, 1.165) is 10.2 Å². The summed E-state index contributed by atoms with van der Waals surface area (Å²) in [5, 5.41) is 6.84. The van der Waals surface area contributed by atoms with Gasteiger partial charge in [-0.05, 0) is 29.3 Å². The lowest BCUT2D eigenvalue weighted by atomic mass is 10.2.